The van der Waals surface area contributed by atoms with Gasteiger partial charge in [0.15, 0.2) is 11.5 Å². The van der Waals surface area contributed by atoms with Crippen LogP contribution in [0.3, 0.4) is 0 Å². The lowest BCUT2D eigenvalue weighted by Crippen LogP contribution is -2.25. The van der Waals surface area contributed by atoms with Crippen molar-refractivity contribution in [1.29, 1.82) is 0 Å². The second kappa shape index (κ2) is 8.18. The van der Waals surface area contributed by atoms with Crippen molar-refractivity contribution in [3.05, 3.63) is 82.7 Å². The molecule has 0 spiro atoms. The Bertz CT molecular complexity index is 1480. The third kappa shape index (κ3) is 3.58. The SMILES string of the molecule is Cc1cccc2nc(CCCNc3nc(F)nc4nc[nH]c34)n(-c3ccccc3)c(=O)c12. The number of halogens is 1. The molecule has 0 saturated heterocycles. The fourth-order valence-electron chi connectivity index (χ4n) is 3.84. The van der Waals surface area contributed by atoms with Crippen molar-refractivity contribution >= 4 is 27.9 Å². The summed E-state index contributed by atoms with van der Waals surface area (Å²) in [5, 5.41) is 3.75. The lowest BCUT2D eigenvalue weighted by atomic mass is 10.1. The molecular formula is C23H20FN7O. The smallest absolute Gasteiger partial charge is 0.312 e. The number of para-hydroxylation sites is 1. The number of benzene rings is 2. The van der Waals surface area contributed by atoms with Crippen molar-refractivity contribution in [2.45, 2.75) is 19.8 Å². The Morgan fingerprint density at radius 3 is 2.75 bits per heavy atom. The summed E-state index contributed by atoms with van der Waals surface area (Å²) in [7, 11) is 0. The molecule has 0 bridgehead atoms. The van der Waals surface area contributed by atoms with E-state index in [-0.39, 0.29) is 11.2 Å². The Kier molecular flexibility index (Phi) is 5.06. The van der Waals surface area contributed by atoms with Gasteiger partial charge < -0.3 is 10.3 Å². The number of nitrogens with one attached hydrogen (secondary N) is 2. The highest BCUT2D eigenvalue weighted by Crippen LogP contribution is 2.18. The molecule has 5 aromatic rings. The lowest BCUT2D eigenvalue weighted by molar-refractivity contribution is 0.545. The largest absolute Gasteiger partial charge is 0.368 e. The van der Waals surface area contributed by atoms with Gasteiger partial charge in [-0.15, -0.1) is 0 Å². The lowest BCUT2D eigenvalue weighted by Gasteiger charge is -2.15. The van der Waals surface area contributed by atoms with Gasteiger partial charge in [-0.3, -0.25) is 9.36 Å². The number of aryl methyl sites for hydroxylation is 2. The number of aromatic amines is 1. The van der Waals surface area contributed by atoms with Crippen molar-refractivity contribution in [2.24, 2.45) is 0 Å². The maximum Gasteiger partial charge on any atom is 0.312 e. The van der Waals surface area contributed by atoms with Gasteiger partial charge in [-0.05, 0) is 37.1 Å². The summed E-state index contributed by atoms with van der Waals surface area (Å²) in [4.78, 5) is 32.6. The predicted octanol–water partition coefficient (Wildman–Crippen LogP) is 3.54. The van der Waals surface area contributed by atoms with E-state index in [0.717, 1.165) is 11.3 Å². The van der Waals surface area contributed by atoms with Gasteiger partial charge in [0.25, 0.3) is 5.56 Å². The maximum atomic E-state index is 13.7. The third-order valence-electron chi connectivity index (χ3n) is 5.32. The number of fused-ring (bicyclic) bond motifs is 2. The van der Waals surface area contributed by atoms with Gasteiger partial charge in [0.2, 0.25) is 0 Å². The molecule has 0 aliphatic rings. The molecule has 0 atom stereocenters. The van der Waals surface area contributed by atoms with Gasteiger partial charge in [0.05, 0.1) is 22.9 Å². The molecular weight excluding hydrogens is 409 g/mol. The van der Waals surface area contributed by atoms with Crippen molar-refractivity contribution in [2.75, 3.05) is 11.9 Å². The molecule has 0 aliphatic carbocycles. The van der Waals surface area contributed by atoms with Gasteiger partial charge in [-0.25, -0.2) is 9.97 Å². The van der Waals surface area contributed by atoms with E-state index in [1.54, 1.807) is 4.57 Å². The Balaban J connectivity index is 1.45. The van der Waals surface area contributed by atoms with Gasteiger partial charge in [-0.2, -0.15) is 14.4 Å². The minimum Gasteiger partial charge on any atom is -0.368 e. The number of rotatable bonds is 6. The van der Waals surface area contributed by atoms with Gasteiger partial charge in [0.1, 0.15) is 11.3 Å². The highest BCUT2D eigenvalue weighted by atomic mass is 19.1. The summed E-state index contributed by atoms with van der Waals surface area (Å²) in [5.74, 6) is 1.02. The fourth-order valence-corrected chi connectivity index (χ4v) is 3.84. The molecule has 0 radical (unpaired) electrons. The van der Waals surface area contributed by atoms with Gasteiger partial charge >= 0.3 is 6.08 Å². The number of aromatic nitrogens is 6. The first kappa shape index (κ1) is 19.8. The Morgan fingerprint density at radius 2 is 1.91 bits per heavy atom. The van der Waals surface area contributed by atoms with Crippen molar-refractivity contribution in [3.8, 4) is 5.69 Å². The zero-order valence-electron chi connectivity index (χ0n) is 17.3. The van der Waals surface area contributed by atoms with Crippen LogP contribution >= 0.6 is 0 Å². The number of nitrogens with zero attached hydrogens (tertiary/aromatic N) is 5. The van der Waals surface area contributed by atoms with Gasteiger partial charge in [-0.1, -0.05) is 30.3 Å². The van der Waals surface area contributed by atoms with E-state index < -0.39 is 6.08 Å². The normalized spacial score (nSPS) is 11.3. The van der Waals surface area contributed by atoms with Crippen LogP contribution in [0.2, 0.25) is 0 Å². The first-order chi connectivity index (χ1) is 15.6. The van der Waals surface area contributed by atoms with E-state index in [0.29, 0.717) is 47.4 Å². The molecule has 160 valence electrons. The van der Waals surface area contributed by atoms with Crippen LogP contribution in [0.1, 0.15) is 17.8 Å². The molecule has 0 amide bonds. The predicted molar refractivity (Wildman–Crippen MR) is 121 cm³/mol. The molecule has 3 aromatic heterocycles. The summed E-state index contributed by atoms with van der Waals surface area (Å²) in [6.07, 6.45) is 1.80. The number of imidazole rings is 1. The van der Waals surface area contributed by atoms with E-state index in [1.165, 1.54) is 6.33 Å². The second-order valence-electron chi connectivity index (χ2n) is 7.45. The molecule has 8 nitrogen and oxygen atoms in total. The zero-order chi connectivity index (χ0) is 22.1. The van der Waals surface area contributed by atoms with Crippen LogP contribution in [0.5, 0.6) is 0 Å². The van der Waals surface area contributed by atoms with Crippen molar-refractivity contribution < 1.29 is 4.39 Å². The molecule has 0 unspecified atom stereocenters. The van der Waals surface area contributed by atoms with E-state index in [4.69, 9.17) is 4.98 Å². The standard InChI is InChI=1S/C23H20FN7O/c1-14-7-5-10-16-18(14)22(32)31(15-8-3-2-4-9-15)17(28-16)11-6-12-25-20-19-21(27-13-26-19)30-23(24)29-20/h2-5,7-10,13H,6,11-12H2,1H3,(H2,25,26,27,29,30). The highest BCUT2D eigenvalue weighted by Gasteiger charge is 2.14. The van der Waals surface area contributed by atoms with Crippen molar-refractivity contribution in [3.63, 3.8) is 0 Å². The minimum absolute atomic E-state index is 0.0840. The number of anilines is 1. The molecule has 3 heterocycles. The summed E-state index contributed by atoms with van der Waals surface area (Å²) in [6.45, 7) is 2.42. The van der Waals surface area contributed by atoms with E-state index in [2.05, 4.69) is 25.3 Å². The second-order valence-corrected chi connectivity index (χ2v) is 7.45. The van der Waals surface area contributed by atoms with Crippen LogP contribution in [-0.4, -0.2) is 36.0 Å². The molecule has 0 fully saturated rings. The molecule has 2 N–H and O–H groups in total. The third-order valence-corrected chi connectivity index (χ3v) is 5.32. The average Bonchev–Trinajstić information content (AvgIpc) is 3.26. The number of hydrogen-bond acceptors (Lipinski definition) is 6. The van der Waals surface area contributed by atoms with Crippen LogP contribution in [0.15, 0.2) is 59.7 Å². The molecule has 0 saturated carbocycles. The summed E-state index contributed by atoms with van der Waals surface area (Å²) < 4.78 is 15.3. The summed E-state index contributed by atoms with van der Waals surface area (Å²) in [5.41, 5.74) is 3.08. The minimum atomic E-state index is -0.836. The first-order valence-electron chi connectivity index (χ1n) is 10.3. The number of hydrogen-bond donors (Lipinski definition) is 2. The quantitative estimate of drug-likeness (QED) is 0.316. The van der Waals surface area contributed by atoms with Gasteiger partial charge in [0, 0.05) is 13.0 Å². The van der Waals surface area contributed by atoms with Crippen LogP contribution in [0.4, 0.5) is 10.2 Å². The van der Waals surface area contributed by atoms with E-state index in [9.17, 15) is 9.18 Å². The highest BCUT2D eigenvalue weighted by molar-refractivity contribution is 5.82. The summed E-state index contributed by atoms with van der Waals surface area (Å²) in [6, 6.07) is 15.2. The Hall–Kier alpha value is -4.14. The molecule has 0 aliphatic heterocycles. The van der Waals surface area contributed by atoms with Crippen molar-refractivity contribution in [1.82, 2.24) is 29.5 Å². The van der Waals surface area contributed by atoms with Crippen LogP contribution < -0.4 is 10.9 Å². The first-order valence-corrected chi connectivity index (χ1v) is 10.3. The van der Waals surface area contributed by atoms with Crippen LogP contribution in [0.25, 0.3) is 27.8 Å². The topological polar surface area (TPSA) is 101 Å². The summed E-state index contributed by atoms with van der Waals surface area (Å²) >= 11 is 0. The molecule has 32 heavy (non-hydrogen) atoms. The van der Waals surface area contributed by atoms with Crippen LogP contribution in [-0.2, 0) is 6.42 Å². The van der Waals surface area contributed by atoms with E-state index >= 15 is 0 Å². The molecule has 9 heteroatoms. The average molecular weight is 429 g/mol. The molecule has 5 rings (SSSR count). The number of H-pyrrole nitrogens is 1. The fraction of sp³-hybridized carbons (Fsp3) is 0.174. The monoisotopic (exact) mass is 429 g/mol. The molecule has 2 aromatic carbocycles. The Labute approximate surface area is 182 Å². The zero-order valence-corrected chi connectivity index (χ0v) is 17.3. The van der Waals surface area contributed by atoms with Crippen LogP contribution in [0, 0.1) is 13.0 Å². The van der Waals surface area contributed by atoms with E-state index in [1.807, 2.05) is 55.5 Å². The maximum absolute atomic E-state index is 13.7. The Morgan fingerprint density at radius 1 is 1.06 bits per heavy atom.